The largest absolute Gasteiger partial charge is 0.390 e. The van der Waals surface area contributed by atoms with Crippen LogP contribution in [0, 0.1) is 6.92 Å². The number of carbonyl (C=O) groups is 2. The normalized spacial score (nSPS) is 12.6. The molecule has 2 heterocycles. The number of aliphatic hydroxyl groups excluding tert-OH is 1. The maximum absolute atomic E-state index is 13.4. The lowest BCUT2D eigenvalue weighted by Crippen LogP contribution is -2.48. The summed E-state index contributed by atoms with van der Waals surface area (Å²) in [7, 11) is 1.72. The topological polar surface area (TPSA) is 107 Å². The van der Waals surface area contributed by atoms with Crippen LogP contribution in [0.3, 0.4) is 0 Å². The molecule has 0 unspecified atom stereocenters. The van der Waals surface area contributed by atoms with Crippen molar-refractivity contribution in [3.05, 3.63) is 117 Å². The van der Waals surface area contributed by atoms with Gasteiger partial charge in [0.15, 0.2) is 0 Å². The molecule has 0 aliphatic heterocycles. The molecule has 220 valence electrons. The summed E-state index contributed by atoms with van der Waals surface area (Å²) < 4.78 is 0. The van der Waals surface area contributed by atoms with E-state index in [0.29, 0.717) is 36.6 Å². The fourth-order valence-corrected chi connectivity index (χ4v) is 5.40. The molecular weight excluding hydrogens is 546 g/mol. The first kappa shape index (κ1) is 31.0. The highest BCUT2D eigenvalue weighted by molar-refractivity contribution is 7.09. The van der Waals surface area contributed by atoms with Crippen LogP contribution in [-0.2, 0) is 19.5 Å². The van der Waals surface area contributed by atoms with E-state index >= 15 is 0 Å². The second-order valence-corrected chi connectivity index (χ2v) is 11.7. The summed E-state index contributed by atoms with van der Waals surface area (Å²) in [5, 5.41) is 20.3. The molecule has 2 amide bonds. The fraction of sp³-hybridized carbons (Fsp3) is 0.333. The zero-order valence-electron chi connectivity index (χ0n) is 24.6. The monoisotopic (exact) mass is 585 g/mol. The molecule has 0 radical (unpaired) electrons. The second-order valence-electron chi connectivity index (χ2n) is 10.8. The van der Waals surface area contributed by atoms with Gasteiger partial charge in [0.05, 0.1) is 24.4 Å². The third-order valence-electron chi connectivity index (χ3n) is 6.92. The fourth-order valence-electron chi connectivity index (χ4n) is 4.58. The van der Waals surface area contributed by atoms with Gasteiger partial charge in [-0.05, 0) is 55.2 Å². The SMILES string of the molecule is Cc1csc(CN(C)C(=O)c2cccc(C(=O)N[C@@H](Cc3ccccc3)[C@H](O)CNCc3cccc(C(C)C)n3)c2)n1. The van der Waals surface area contributed by atoms with Crippen molar-refractivity contribution >= 4 is 23.2 Å². The summed E-state index contributed by atoms with van der Waals surface area (Å²) in [6.07, 6.45) is -0.411. The smallest absolute Gasteiger partial charge is 0.253 e. The van der Waals surface area contributed by atoms with Gasteiger partial charge in [0.2, 0.25) is 0 Å². The Balaban J connectivity index is 1.42. The van der Waals surface area contributed by atoms with Crippen LogP contribution in [0.15, 0.2) is 78.2 Å². The first-order chi connectivity index (χ1) is 20.2. The molecule has 9 heteroatoms. The van der Waals surface area contributed by atoms with Gasteiger partial charge in [-0.1, -0.05) is 56.3 Å². The van der Waals surface area contributed by atoms with E-state index in [1.807, 2.05) is 60.8 Å². The van der Waals surface area contributed by atoms with Crippen molar-refractivity contribution in [2.24, 2.45) is 0 Å². The number of nitrogens with zero attached hydrogens (tertiary/aromatic N) is 3. The molecule has 8 nitrogen and oxygen atoms in total. The lowest BCUT2D eigenvalue weighted by molar-refractivity contribution is 0.0784. The lowest BCUT2D eigenvalue weighted by atomic mass is 10.00. The predicted octanol–water partition coefficient (Wildman–Crippen LogP) is 4.73. The highest BCUT2D eigenvalue weighted by Gasteiger charge is 2.23. The molecule has 0 spiro atoms. The van der Waals surface area contributed by atoms with Crippen LogP contribution in [0.25, 0.3) is 0 Å². The van der Waals surface area contributed by atoms with E-state index in [4.69, 9.17) is 0 Å². The van der Waals surface area contributed by atoms with Crippen LogP contribution < -0.4 is 10.6 Å². The van der Waals surface area contributed by atoms with E-state index in [1.165, 1.54) is 11.3 Å². The van der Waals surface area contributed by atoms with Crippen molar-refractivity contribution in [2.45, 2.75) is 58.3 Å². The van der Waals surface area contributed by atoms with Crippen molar-refractivity contribution in [1.82, 2.24) is 25.5 Å². The van der Waals surface area contributed by atoms with Crippen LogP contribution >= 0.6 is 11.3 Å². The van der Waals surface area contributed by atoms with Crippen LogP contribution in [0.4, 0.5) is 0 Å². The molecule has 0 aliphatic rings. The molecule has 0 saturated carbocycles. The summed E-state index contributed by atoms with van der Waals surface area (Å²) >= 11 is 1.51. The maximum atomic E-state index is 13.4. The van der Waals surface area contributed by atoms with Crippen molar-refractivity contribution in [3.63, 3.8) is 0 Å². The lowest BCUT2D eigenvalue weighted by Gasteiger charge is -2.25. The second kappa shape index (κ2) is 14.8. The number of pyridine rings is 1. The Morgan fingerprint density at radius 1 is 0.976 bits per heavy atom. The Kier molecular flexibility index (Phi) is 10.9. The van der Waals surface area contributed by atoms with Crippen molar-refractivity contribution < 1.29 is 14.7 Å². The average Bonchev–Trinajstić information content (AvgIpc) is 3.41. The molecule has 3 N–H and O–H groups in total. The number of nitrogens with one attached hydrogen (secondary N) is 2. The first-order valence-electron chi connectivity index (χ1n) is 14.2. The highest BCUT2D eigenvalue weighted by Crippen LogP contribution is 2.15. The van der Waals surface area contributed by atoms with Crippen molar-refractivity contribution in [3.8, 4) is 0 Å². The summed E-state index contributed by atoms with van der Waals surface area (Å²) in [4.78, 5) is 37.2. The zero-order chi connectivity index (χ0) is 30.1. The standard InChI is InChI=1S/C33H39N5O3S/c1-22(2)28-15-9-14-27(36-28)18-34-19-30(39)29(16-24-10-6-5-7-11-24)37-32(40)25-12-8-13-26(17-25)33(41)38(4)20-31-35-23(3)21-42-31/h5-15,17,21-22,29-30,34,39H,16,18-20H2,1-4H3,(H,37,40)/t29-,30+/m0/s1. The third-order valence-corrected chi connectivity index (χ3v) is 7.87. The van der Waals surface area contributed by atoms with E-state index in [9.17, 15) is 14.7 Å². The van der Waals surface area contributed by atoms with Crippen LogP contribution in [-0.4, -0.2) is 57.5 Å². The van der Waals surface area contributed by atoms with Gasteiger partial charge in [0, 0.05) is 48.0 Å². The zero-order valence-corrected chi connectivity index (χ0v) is 25.4. The number of aryl methyl sites for hydroxylation is 1. The van der Waals surface area contributed by atoms with E-state index in [2.05, 4.69) is 34.4 Å². The Morgan fingerprint density at radius 3 is 2.43 bits per heavy atom. The number of thiazole rings is 1. The summed E-state index contributed by atoms with van der Waals surface area (Å²) in [5.74, 6) is -0.218. The maximum Gasteiger partial charge on any atom is 0.253 e. The summed E-state index contributed by atoms with van der Waals surface area (Å²) in [6, 6.07) is 21.8. The predicted molar refractivity (Wildman–Crippen MR) is 167 cm³/mol. The molecule has 2 atom stereocenters. The molecule has 0 bridgehead atoms. The Bertz CT molecular complexity index is 1470. The number of aliphatic hydroxyl groups is 1. The Labute approximate surface area is 251 Å². The number of aromatic nitrogens is 2. The minimum Gasteiger partial charge on any atom is -0.390 e. The van der Waals surface area contributed by atoms with Gasteiger partial charge >= 0.3 is 0 Å². The van der Waals surface area contributed by atoms with Crippen molar-refractivity contribution in [2.75, 3.05) is 13.6 Å². The third kappa shape index (κ3) is 8.79. The van der Waals surface area contributed by atoms with Crippen LogP contribution in [0.2, 0.25) is 0 Å². The van der Waals surface area contributed by atoms with Crippen LogP contribution in [0.5, 0.6) is 0 Å². The van der Waals surface area contributed by atoms with Gasteiger partial charge in [0.25, 0.3) is 11.8 Å². The molecule has 0 fully saturated rings. The van der Waals surface area contributed by atoms with Gasteiger partial charge in [-0.25, -0.2) is 4.98 Å². The Morgan fingerprint density at radius 2 is 1.71 bits per heavy atom. The minimum atomic E-state index is -0.861. The number of hydrogen-bond donors (Lipinski definition) is 3. The molecule has 4 rings (SSSR count). The van der Waals surface area contributed by atoms with Gasteiger partial charge < -0.3 is 20.6 Å². The van der Waals surface area contributed by atoms with Crippen LogP contribution in [0.1, 0.15) is 68.1 Å². The molecule has 2 aromatic carbocycles. The van der Waals surface area contributed by atoms with E-state index in [0.717, 1.165) is 27.7 Å². The average molecular weight is 586 g/mol. The summed E-state index contributed by atoms with van der Waals surface area (Å²) in [6.45, 7) is 7.29. The highest BCUT2D eigenvalue weighted by atomic mass is 32.1. The van der Waals surface area contributed by atoms with Gasteiger partial charge in [-0.2, -0.15) is 0 Å². The molecule has 0 saturated heterocycles. The van der Waals surface area contributed by atoms with Gasteiger partial charge in [0.1, 0.15) is 5.01 Å². The number of amides is 2. The van der Waals surface area contributed by atoms with Gasteiger partial charge in [-0.3, -0.25) is 14.6 Å². The molecule has 42 heavy (non-hydrogen) atoms. The quantitative estimate of drug-likeness (QED) is 0.209. The van der Waals surface area contributed by atoms with E-state index in [-0.39, 0.29) is 18.4 Å². The van der Waals surface area contributed by atoms with E-state index < -0.39 is 12.1 Å². The number of rotatable bonds is 13. The van der Waals surface area contributed by atoms with E-state index in [1.54, 1.807) is 36.2 Å². The molecule has 4 aromatic rings. The Hall–Kier alpha value is -3.92. The molecule has 2 aromatic heterocycles. The van der Waals surface area contributed by atoms with Crippen molar-refractivity contribution in [1.29, 1.82) is 0 Å². The molecular formula is C33H39N5O3S. The molecule has 0 aliphatic carbocycles. The summed E-state index contributed by atoms with van der Waals surface area (Å²) in [5.41, 5.74) is 4.61. The number of hydrogen-bond acceptors (Lipinski definition) is 7. The van der Waals surface area contributed by atoms with Gasteiger partial charge in [-0.15, -0.1) is 11.3 Å². The minimum absolute atomic E-state index is 0.197. The number of carbonyl (C=O) groups excluding carboxylic acids is 2. The number of benzene rings is 2. The first-order valence-corrected chi connectivity index (χ1v) is 15.0.